The zero-order valence-electron chi connectivity index (χ0n) is 9.42. The van der Waals surface area contributed by atoms with E-state index >= 15 is 0 Å². The van der Waals surface area contributed by atoms with Gasteiger partial charge in [-0.3, -0.25) is 0 Å². The molecule has 0 heterocycles. The van der Waals surface area contributed by atoms with E-state index in [0.717, 1.165) is 25.1 Å². The topological polar surface area (TPSA) is 55.3 Å². The molecule has 3 heteroatoms. The van der Waals surface area contributed by atoms with Crippen molar-refractivity contribution in [2.24, 2.45) is 17.5 Å². The second kappa shape index (κ2) is 5.25. The van der Waals surface area contributed by atoms with E-state index in [1.165, 1.54) is 25.0 Å². The molecular formula is C11H23N3. The van der Waals surface area contributed by atoms with Crippen molar-refractivity contribution in [3.05, 3.63) is 11.4 Å². The summed E-state index contributed by atoms with van der Waals surface area (Å²) in [5, 5.41) is 1.81. The third kappa shape index (κ3) is 2.41. The SMILES string of the molecule is CCC1CCCCC(N(N)CC)=C1N. The second-order valence-corrected chi connectivity index (χ2v) is 4.04. The highest BCUT2D eigenvalue weighted by atomic mass is 15.4. The number of nitrogens with zero attached hydrogens (tertiary/aromatic N) is 1. The van der Waals surface area contributed by atoms with Gasteiger partial charge in [-0.1, -0.05) is 13.3 Å². The molecule has 0 aromatic rings. The van der Waals surface area contributed by atoms with Crippen LogP contribution in [0.15, 0.2) is 11.4 Å². The molecule has 0 spiro atoms. The van der Waals surface area contributed by atoms with Crippen LogP contribution in [0.25, 0.3) is 0 Å². The van der Waals surface area contributed by atoms with E-state index in [4.69, 9.17) is 11.6 Å². The lowest BCUT2D eigenvalue weighted by Gasteiger charge is -2.23. The van der Waals surface area contributed by atoms with Gasteiger partial charge in [0, 0.05) is 17.9 Å². The molecule has 82 valence electrons. The summed E-state index contributed by atoms with van der Waals surface area (Å²) >= 11 is 0. The molecule has 0 aromatic heterocycles. The van der Waals surface area contributed by atoms with E-state index in [1.54, 1.807) is 0 Å². The Morgan fingerprint density at radius 3 is 2.64 bits per heavy atom. The highest BCUT2D eigenvalue weighted by Crippen LogP contribution is 2.28. The molecular weight excluding hydrogens is 174 g/mol. The lowest BCUT2D eigenvalue weighted by Crippen LogP contribution is -2.33. The fourth-order valence-electron chi connectivity index (χ4n) is 2.14. The van der Waals surface area contributed by atoms with Crippen molar-refractivity contribution < 1.29 is 0 Å². The Morgan fingerprint density at radius 1 is 1.36 bits per heavy atom. The Bertz CT molecular complexity index is 211. The van der Waals surface area contributed by atoms with Gasteiger partial charge >= 0.3 is 0 Å². The van der Waals surface area contributed by atoms with Crippen LogP contribution >= 0.6 is 0 Å². The first-order chi connectivity index (χ1) is 6.70. The van der Waals surface area contributed by atoms with Crippen LogP contribution in [-0.4, -0.2) is 11.6 Å². The summed E-state index contributed by atoms with van der Waals surface area (Å²) < 4.78 is 0. The Labute approximate surface area is 87.1 Å². The van der Waals surface area contributed by atoms with Crippen LogP contribution in [0.3, 0.4) is 0 Å². The lowest BCUT2D eigenvalue weighted by atomic mass is 9.98. The van der Waals surface area contributed by atoms with Gasteiger partial charge in [-0.2, -0.15) is 0 Å². The van der Waals surface area contributed by atoms with Gasteiger partial charge < -0.3 is 10.7 Å². The molecule has 0 saturated carbocycles. The molecule has 1 aliphatic carbocycles. The van der Waals surface area contributed by atoms with Crippen molar-refractivity contribution in [3.8, 4) is 0 Å². The fourth-order valence-corrected chi connectivity index (χ4v) is 2.14. The normalized spacial score (nSPS) is 23.5. The monoisotopic (exact) mass is 197 g/mol. The molecule has 1 aliphatic rings. The van der Waals surface area contributed by atoms with Crippen LogP contribution in [0.1, 0.15) is 46.0 Å². The number of hydrogen-bond donors (Lipinski definition) is 2. The molecule has 0 fully saturated rings. The average molecular weight is 197 g/mol. The zero-order valence-corrected chi connectivity index (χ0v) is 9.42. The lowest BCUT2D eigenvalue weighted by molar-refractivity contribution is 0.355. The minimum absolute atomic E-state index is 0.546. The summed E-state index contributed by atoms with van der Waals surface area (Å²) in [5.41, 5.74) is 8.38. The number of hydrazine groups is 1. The molecule has 0 radical (unpaired) electrons. The molecule has 3 nitrogen and oxygen atoms in total. The molecule has 0 saturated heterocycles. The van der Waals surface area contributed by atoms with Crippen LogP contribution in [0.5, 0.6) is 0 Å². The maximum Gasteiger partial charge on any atom is 0.0481 e. The molecule has 14 heavy (non-hydrogen) atoms. The molecule has 0 bridgehead atoms. The maximum atomic E-state index is 6.17. The predicted octanol–water partition coefficient (Wildman–Crippen LogP) is 1.95. The number of allylic oxidation sites excluding steroid dienone is 2. The smallest absolute Gasteiger partial charge is 0.0481 e. The summed E-state index contributed by atoms with van der Waals surface area (Å²) in [7, 11) is 0. The largest absolute Gasteiger partial charge is 0.400 e. The number of hydrogen-bond acceptors (Lipinski definition) is 3. The predicted molar refractivity (Wildman–Crippen MR) is 60.0 cm³/mol. The third-order valence-electron chi connectivity index (χ3n) is 3.17. The maximum absolute atomic E-state index is 6.17. The van der Waals surface area contributed by atoms with Gasteiger partial charge in [0.25, 0.3) is 0 Å². The summed E-state index contributed by atoms with van der Waals surface area (Å²) in [6, 6.07) is 0. The van der Waals surface area contributed by atoms with Crippen molar-refractivity contribution in [2.75, 3.05) is 6.54 Å². The molecule has 1 atom stereocenters. The third-order valence-corrected chi connectivity index (χ3v) is 3.17. The molecule has 0 amide bonds. The van der Waals surface area contributed by atoms with Gasteiger partial charge in [-0.25, -0.2) is 5.84 Å². The standard InChI is InChI=1S/C11H23N3/c1-3-9-7-5-6-8-10(11(9)12)14(13)4-2/h9H,3-8,12-13H2,1-2H3. The van der Waals surface area contributed by atoms with Crippen LogP contribution in [-0.2, 0) is 0 Å². The van der Waals surface area contributed by atoms with Gasteiger partial charge in [0.05, 0.1) is 0 Å². The summed E-state index contributed by atoms with van der Waals surface area (Å²) in [4.78, 5) is 0. The molecule has 1 rings (SSSR count). The van der Waals surface area contributed by atoms with E-state index in [-0.39, 0.29) is 0 Å². The molecule has 1 unspecified atom stereocenters. The fraction of sp³-hybridized carbons (Fsp3) is 0.818. The number of rotatable bonds is 3. The van der Waals surface area contributed by atoms with Crippen molar-refractivity contribution in [3.63, 3.8) is 0 Å². The van der Waals surface area contributed by atoms with Crippen molar-refractivity contribution in [2.45, 2.75) is 46.0 Å². The first kappa shape index (κ1) is 11.4. The molecule has 4 N–H and O–H groups in total. The van der Waals surface area contributed by atoms with Crippen LogP contribution < -0.4 is 11.6 Å². The summed E-state index contributed by atoms with van der Waals surface area (Å²) in [6.07, 6.45) is 5.91. The van der Waals surface area contributed by atoms with E-state index < -0.39 is 0 Å². The molecule has 0 aliphatic heterocycles. The van der Waals surface area contributed by atoms with Gasteiger partial charge in [-0.05, 0) is 38.5 Å². The number of nitrogens with two attached hydrogens (primary N) is 2. The minimum Gasteiger partial charge on any atom is -0.400 e. The van der Waals surface area contributed by atoms with E-state index in [2.05, 4.69) is 13.8 Å². The highest BCUT2D eigenvalue weighted by Gasteiger charge is 2.19. The quantitative estimate of drug-likeness (QED) is 0.537. The first-order valence-electron chi connectivity index (χ1n) is 5.71. The Kier molecular flexibility index (Phi) is 4.26. The summed E-state index contributed by atoms with van der Waals surface area (Å²) in [5.74, 6) is 6.47. The van der Waals surface area contributed by atoms with Crippen LogP contribution in [0.4, 0.5) is 0 Å². The Hall–Kier alpha value is -0.700. The van der Waals surface area contributed by atoms with Crippen molar-refractivity contribution >= 4 is 0 Å². The van der Waals surface area contributed by atoms with Crippen LogP contribution in [0, 0.1) is 5.92 Å². The molecule has 0 aromatic carbocycles. The highest BCUT2D eigenvalue weighted by molar-refractivity contribution is 5.14. The summed E-state index contributed by atoms with van der Waals surface area (Å²) in [6.45, 7) is 5.10. The van der Waals surface area contributed by atoms with E-state index in [9.17, 15) is 0 Å². The van der Waals surface area contributed by atoms with Gasteiger partial charge in [0.2, 0.25) is 0 Å². The van der Waals surface area contributed by atoms with Crippen molar-refractivity contribution in [1.29, 1.82) is 0 Å². The average Bonchev–Trinajstić information content (AvgIpc) is 2.39. The Balaban J connectivity index is 2.84. The van der Waals surface area contributed by atoms with Gasteiger partial charge in [0.15, 0.2) is 0 Å². The van der Waals surface area contributed by atoms with E-state index in [0.29, 0.717) is 5.92 Å². The first-order valence-corrected chi connectivity index (χ1v) is 5.71. The van der Waals surface area contributed by atoms with Gasteiger partial charge in [0.1, 0.15) is 0 Å². The van der Waals surface area contributed by atoms with Gasteiger partial charge in [-0.15, -0.1) is 0 Å². The van der Waals surface area contributed by atoms with Crippen LogP contribution in [0.2, 0.25) is 0 Å². The minimum atomic E-state index is 0.546. The second-order valence-electron chi connectivity index (χ2n) is 4.04. The zero-order chi connectivity index (χ0) is 10.6. The van der Waals surface area contributed by atoms with Crippen molar-refractivity contribution in [1.82, 2.24) is 5.01 Å². The van der Waals surface area contributed by atoms with E-state index in [1.807, 2.05) is 5.01 Å². The Morgan fingerprint density at radius 2 is 2.07 bits per heavy atom.